The van der Waals surface area contributed by atoms with Crippen molar-refractivity contribution in [1.82, 2.24) is 0 Å². The van der Waals surface area contributed by atoms with Crippen LogP contribution in [0.4, 0.5) is 0 Å². The summed E-state index contributed by atoms with van der Waals surface area (Å²) < 4.78 is 1.28. The van der Waals surface area contributed by atoms with Crippen molar-refractivity contribution in [1.29, 1.82) is 0 Å². The van der Waals surface area contributed by atoms with Gasteiger partial charge in [0.2, 0.25) is 0 Å². The largest absolute Gasteiger partial charge is 0.618 e. The van der Waals surface area contributed by atoms with Crippen molar-refractivity contribution in [3.63, 3.8) is 0 Å². The lowest BCUT2D eigenvalue weighted by Gasteiger charge is -2.14. The molecular weight excluding hydrogens is 292 g/mol. The van der Waals surface area contributed by atoms with Crippen molar-refractivity contribution in [2.24, 2.45) is 0 Å². The Morgan fingerprint density at radius 2 is 1.39 bits per heavy atom. The zero-order chi connectivity index (χ0) is 16.6. The fourth-order valence-electron chi connectivity index (χ4n) is 2.70. The smallest absolute Gasteiger partial charge is 0.334 e. The Morgan fingerprint density at radius 3 is 1.96 bits per heavy atom. The van der Waals surface area contributed by atoms with Gasteiger partial charge in [0.05, 0.1) is 0 Å². The molecule has 3 rings (SSSR count). The van der Waals surface area contributed by atoms with Gasteiger partial charge < -0.3 is 10.4 Å². The molecule has 0 radical (unpaired) electrons. The lowest BCUT2D eigenvalue weighted by Crippen LogP contribution is -2.48. The summed E-state index contributed by atoms with van der Waals surface area (Å²) in [5, 5.41) is 25.5. The van der Waals surface area contributed by atoms with Crippen LogP contribution < -0.4 is 9.46 Å². The molecule has 116 valence electrons. The highest BCUT2D eigenvalue weighted by atomic mass is 16.5. The average Bonchev–Trinajstić information content (AvgIpc) is 2.57. The van der Waals surface area contributed by atoms with E-state index in [4.69, 9.17) is 0 Å². The van der Waals surface area contributed by atoms with Crippen molar-refractivity contribution in [3.05, 3.63) is 82.0 Å². The van der Waals surface area contributed by atoms with Crippen LogP contribution in [0.2, 0.25) is 0 Å². The number of aromatic nitrogens is 2. The Kier molecular flexibility index (Phi) is 3.70. The Bertz CT molecular complexity index is 890. The Morgan fingerprint density at radius 1 is 0.870 bits per heavy atom. The van der Waals surface area contributed by atoms with E-state index in [0.29, 0.717) is 15.0 Å². The van der Waals surface area contributed by atoms with Crippen molar-refractivity contribution in [2.45, 2.75) is 19.8 Å². The summed E-state index contributed by atoms with van der Waals surface area (Å²) in [7, 11) is 0. The van der Waals surface area contributed by atoms with Gasteiger partial charge in [-0.2, -0.15) is 9.46 Å². The van der Waals surface area contributed by atoms with Gasteiger partial charge in [-0.3, -0.25) is 4.79 Å². The number of hydrogen-bond donors (Lipinski definition) is 0. The summed E-state index contributed by atoms with van der Waals surface area (Å²) in [6.45, 7) is 3.58. The standard InChI is InChI=1S/C18H16N2O3/c1-12(2)16-17(18(21)13-8-4-3-5-9-13)20(23)15-11-7-6-10-14(15)19(16)22/h3-12H,1-2H3. The molecule has 0 N–H and O–H groups in total. The fraction of sp³-hybridized carbons (Fsp3) is 0.167. The van der Waals surface area contributed by atoms with Crippen LogP contribution in [0.5, 0.6) is 0 Å². The first-order valence-electron chi connectivity index (χ1n) is 7.40. The number of carbonyl (C=O) groups excluding carboxylic acids is 1. The zero-order valence-electron chi connectivity index (χ0n) is 12.9. The molecule has 5 nitrogen and oxygen atoms in total. The number of fused-ring (bicyclic) bond motifs is 1. The van der Waals surface area contributed by atoms with Crippen LogP contribution in [0.25, 0.3) is 11.0 Å². The zero-order valence-corrected chi connectivity index (χ0v) is 12.9. The molecule has 0 aliphatic heterocycles. The highest BCUT2D eigenvalue weighted by molar-refractivity contribution is 6.07. The summed E-state index contributed by atoms with van der Waals surface area (Å²) in [6.07, 6.45) is 0. The second kappa shape index (κ2) is 5.68. The van der Waals surface area contributed by atoms with Crippen LogP contribution in [0.3, 0.4) is 0 Å². The van der Waals surface area contributed by atoms with Crippen molar-refractivity contribution in [3.8, 4) is 0 Å². The maximum atomic E-state index is 12.8. The van der Waals surface area contributed by atoms with Gasteiger partial charge in [0, 0.05) is 23.6 Å². The van der Waals surface area contributed by atoms with E-state index in [0.717, 1.165) is 0 Å². The second-order valence-electron chi connectivity index (χ2n) is 5.66. The van der Waals surface area contributed by atoms with Gasteiger partial charge in [-0.05, 0) is 0 Å². The van der Waals surface area contributed by atoms with E-state index in [-0.39, 0.29) is 28.3 Å². The lowest BCUT2D eigenvalue weighted by molar-refractivity contribution is -0.637. The predicted octanol–water partition coefficient (Wildman–Crippen LogP) is 2.46. The van der Waals surface area contributed by atoms with Crippen LogP contribution in [-0.4, -0.2) is 5.78 Å². The number of rotatable bonds is 3. The van der Waals surface area contributed by atoms with Gasteiger partial charge in [0.15, 0.2) is 0 Å². The monoisotopic (exact) mass is 308 g/mol. The van der Waals surface area contributed by atoms with Gasteiger partial charge in [0.25, 0.3) is 22.5 Å². The minimum Gasteiger partial charge on any atom is -0.618 e. The van der Waals surface area contributed by atoms with E-state index in [1.165, 1.54) is 0 Å². The summed E-state index contributed by atoms with van der Waals surface area (Å²) in [5.74, 6) is -0.709. The average molecular weight is 308 g/mol. The number of carbonyl (C=O) groups is 1. The van der Waals surface area contributed by atoms with E-state index in [1.54, 1.807) is 68.4 Å². The van der Waals surface area contributed by atoms with E-state index in [2.05, 4.69) is 0 Å². The normalized spacial score (nSPS) is 11.1. The maximum Gasteiger partial charge on any atom is 0.334 e. The number of ketones is 1. The SMILES string of the molecule is CC(C)c1c(C(=O)c2ccccc2)[n+]([O-])c2ccccc2[n+]1[O-]. The van der Waals surface area contributed by atoms with Crippen molar-refractivity contribution < 1.29 is 14.3 Å². The first-order valence-corrected chi connectivity index (χ1v) is 7.40. The van der Waals surface area contributed by atoms with Crippen LogP contribution in [-0.2, 0) is 0 Å². The minimum atomic E-state index is -0.445. The minimum absolute atomic E-state index is 0.111. The highest BCUT2D eigenvalue weighted by Crippen LogP contribution is 2.19. The topological polar surface area (TPSA) is 71.0 Å². The molecule has 2 aromatic carbocycles. The summed E-state index contributed by atoms with van der Waals surface area (Å²) in [5.41, 5.74) is 0.906. The summed E-state index contributed by atoms with van der Waals surface area (Å²) in [6, 6.07) is 15.0. The molecule has 0 saturated carbocycles. The molecule has 0 fully saturated rings. The maximum absolute atomic E-state index is 12.8. The predicted molar refractivity (Wildman–Crippen MR) is 85.8 cm³/mol. The number of para-hydroxylation sites is 2. The molecule has 1 aromatic heterocycles. The van der Waals surface area contributed by atoms with Crippen molar-refractivity contribution >= 4 is 16.8 Å². The molecule has 5 heteroatoms. The fourth-order valence-corrected chi connectivity index (χ4v) is 2.70. The second-order valence-corrected chi connectivity index (χ2v) is 5.66. The third-order valence-corrected chi connectivity index (χ3v) is 3.78. The molecule has 3 aromatic rings. The van der Waals surface area contributed by atoms with Crippen LogP contribution in [0.1, 0.15) is 41.5 Å². The Labute approximate surface area is 133 Å². The summed E-state index contributed by atoms with van der Waals surface area (Å²) >= 11 is 0. The molecule has 0 saturated heterocycles. The number of benzene rings is 2. The van der Waals surface area contributed by atoms with E-state index in [1.807, 2.05) is 0 Å². The van der Waals surface area contributed by atoms with E-state index < -0.39 is 5.78 Å². The first kappa shape index (κ1) is 15.0. The molecule has 0 unspecified atom stereocenters. The van der Waals surface area contributed by atoms with Gasteiger partial charge >= 0.3 is 5.69 Å². The molecule has 0 aliphatic rings. The van der Waals surface area contributed by atoms with E-state index >= 15 is 0 Å². The summed E-state index contributed by atoms with van der Waals surface area (Å²) in [4.78, 5) is 12.8. The molecular formula is C18H16N2O3. The van der Waals surface area contributed by atoms with Gasteiger partial charge in [-0.25, -0.2) is 0 Å². The first-order chi connectivity index (χ1) is 11.0. The Balaban J connectivity index is 2.37. The highest BCUT2D eigenvalue weighted by Gasteiger charge is 2.35. The lowest BCUT2D eigenvalue weighted by atomic mass is 10.0. The molecule has 1 heterocycles. The molecule has 23 heavy (non-hydrogen) atoms. The third-order valence-electron chi connectivity index (χ3n) is 3.78. The van der Waals surface area contributed by atoms with Gasteiger partial charge in [-0.15, -0.1) is 0 Å². The van der Waals surface area contributed by atoms with Crippen LogP contribution >= 0.6 is 0 Å². The van der Waals surface area contributed by atoms with E-state index in [9.17, 15) is 15.2 Å². The molecule has 0 bridgehead atoms. The Hall–Kier alpha value is -2.95. The number of nitrogens with zero attached hydrogens (tertiary/aromatic N) is 2. The van der Waals surface area contributed by atoms with Crippen LogP contribution in [0.15, 0.2) is 54.6 Å². The van der Waals surface area contributed by atoms with Crippen LogP contribution in [0, 0.1) is 10.4 Å². The quantitative estimate of drug-likeness (QED) is 0.424. The van der Waals surface area contributed by atoms with Gasteiger partial charge in [0.1, 0.15) is 0 Å². The molecule has 0 spiro atoms. The molecule has 0 aliphatic carbocycles. The number of hydrogen-bond acceptors (Lipinski definition) is 3. The van der Waals surface area contributed by atoms with Crippen molar-refractivity contribution in [2.75, 3.05) is 0 Å². The van der Waals surface area contributed by atoms with Gasteiger partial charge in [-0.1, -0.05) is 56.3 Å². The third kappa shape index (κ3) is 2.40. The molecule has 0 atom stereocenters. The molecule has 0 amide bonds.